The summed E-state index contributed by atoms with van der Waals surface area (Å²) in [5.41, 5.74) is 4.79. The second-order valence-corrected chi connectivity index (χ2v) is 10.7. The molecule has 0 saturated heterocycles. The quantitative estimate of drug-likeness (QED) is 0.293. The van der Waals surface area contributed by atoms with Crippen LogP contribution >= 0.6 is 0 Å². The van der Waals surface area contributed by atoms with Crippen molar-refractivity contribution in [1.82, 2.24) is 19.1 Å². The van der Waals surface area contributed by atoms with Gasteiger partial charge in [0.15, 0.2) is 0 Å². The van der Waals surface area contributed by atoms with Gasteiger partial charge in [0, 0.05) is 10.8 Å². The van der Waals surface area contributed by atoms with Crippen LogP contribution in [0, 0.1) is 5.82 Å². The maximum absolute atomic E-state index is 15.2. The largest absolute Gasteiger partial charge is 0.296 e. The van der Waals surface area contributed by atoms with E-state index in [0.717, 1.165) is 45.1 Å². The third-order valence-electron chi connectivity index (χ3n) is 5.85. The molecular formula is C28H29FN4. The Morgan fingerprint density at radius 1 is 0.606 bits per heavy atom. The van der Waals surface area contributed by atoms with Crippen molar-refractivity contribution < 1.29 is 4.39 Å². The van der Waals surface area contributed by atoms with Crippen LogP contribution in [-0.4, -0.2) is 19.1 Å². The molecule has 3 aromatic carbocycles. The molecule has 0 amide bonds. The topological polar surface area (TPSA) is 35.6 Å². The minimum absolute atomic E-state index is 0.218. The van der Waals surface area contributed by atoms with Crippen molar-refractivity contribution in [3.63, 3.8) is 0 Å². The van der Waals surface area contributed by atoms with Gasteiger partial charge in [-0.1, -0.05) is 65.8 Å². The van der Waals surface area contributed by atoms with Gasteiger partial charge in [0.25, 0.3) is 0 Å². The minimum Gasteiger partial charge on any atom is -0.296 e. The summed E-state index contributed by atoms with van der Waals surface area (Å²) < 4.78 is 19.4. The minimum atomic E-state index is -0.294. The number of fused-ring (bicyclic) bond motifs is 2. The van der Waals surface area contributed by atoms with Gasteiger partial charge in [-0.25, -0.2) is 14.4 Å². The molecule has 0 N–H and O–H groups in total. The molecule has 0 aliphatic heterocycles. The van der Waals surface area contributed by atoms with Gasteiger partial charge >= 0.3 is 0 Å². The fraction of sp³-hybridized carbons (Fsp3) is 0.286. The molecule has 0 atom stereocenters. The lowest BCUT2D eigenvalue weighted by atomic mass is 9.95. The van der Waals surface area contributed by atoms with E-state index in [1.807, 2.05) is 54.6 Å². The summed E-state index contributed by atoms with van der Waals surface area (Å²) in [4.78, 5) is 9.82. The number of hydrogen-bond donors (Lipinski definition) is 0. The highest BCUT2D eigenvalue weighted by Gasteiger charge is 2.26. The van der Waals surface area contributed by atoms with Gasteiger partial charge in [0.1, 0.15) is 17.5 Å². The highest BCUT2D eigenvalue weighted by atomic mass is 19.1. The van der Waals surface area contributed by atoms with E-state index in [0.29, 0.717) is 0 Å². The van der Waals surface area contributed by atoms with Crippen LogP contribution in [0.4, 0.5) is 4.39 Å². The SMILES string of the molecule is CC(C)(C)c1nc2ccccc2n1-c1cc(F)cc(-n2c(C(C)(C)C)nc3ccccc32)c1. The molecule has 0 saturated carbocycles. The molecule has 5 rings (SSSR count). The summed E-state index contributed by atoms with van der Waals surface area (Å²) in [6.45, 7) is 12.8. The molecule has 5 heteroatoms. The van der Waals surface area contributed by atoms with E-state index in [1.54, 1.807) is 12.1 Å². The van der Waals surface area contributed by atoms with Crippen molar-refractivity contribution in [2.24, 2.45) is 0 Å². The predicted octanol–water partition coefficient (Wildman–Crippen LogP) is 7.10. The second-order valence-electron chi connectivity index (χ2n) is 10.7. The number of aromatic nitrogens is 4. The molecule has 0 spiro atoms. The predicted molar refractivity (Wildman–Crippen MR) is 133 cm³/mol. The molecule has 168 valence electrons. The lowest BCUT2D eigenvalue weighted by Gasteiger charge is -2.23. The van der Waals surface area contributed by atoms with E-state index in [2.05, 4.69) is 50.7 Å². The lowest BCUT2D eigenvalue weighted by molar-refractivity contribution is 0.535. The zero-order valence-electron chi connectivity index (χ0n) is 20.0. The fourth-order valence-electron chi connectivity index (χ4n) is 4.40. The Morgan fingerprint density at radius 3 is 1.39 bits per heavy atom. The molecule has 0 fully saturated rings. The van der Waals surface area contributed by atoms with E-state index in [4.69, 9.17) is 9.97 Å². The van der Waals surface area contributed by atoms with Crippen LogP contribution in [0.25, 0.3) is 33.4 Å². The van der Waals surface area contributed by atoms with E-state index in [9.17, 15) is 0 Å². The number of nitrogens with zero attached hydrogens (tertiary/aromatic N) is 4. The van der Waals surface area contributed by atoms with Crippen molar-refractivity contribution in [3.05, 3.63) is 84.2 Å². The van der Waals surface area contributed by atoms with Crippen LogP contribution in [0.15, 0.2) is 66.7 Å². The van der Waals surface area contributed by atoms with Crippen molar-refractivity contribution in [1.29, 1.82) is 0 Å². The number of halogens is 1. The Morgan fingerprint density at radius 2 is 1.00 bits per heavy atom. The van der Waals surface area contributed by atoms with E-state index in [-0.39, 0.29) is 16.6 Å². The summed E-state index contributed by atoms with van der Waals surface area (Å²) in [6.07, 6.45) is 0. The Hall–Kier alpha value is -3.47. The Bertz CT molecular complexity index is 1380. The highest BCUT2D eigenvalue weighted by Crippen LogP contribution is 2.33. The maximum atomic E-state index is 15.2. The zero-order valence-corrected chi connectivity index (χ0v) is 20.0. The first-order chi connectivity index (χ1) is 15.5. The van der Waals surface area contributed by atoms with Gasteiger partial charge in [-0.15, -0.1) is 0 Å². The molecule has 0 aliphatic rings. The first-order valence-corrected chi connectivity index (χ1v) is 11.3. The molecule has 2 heterocycles. The van der Waals surface area contributed by atoms with Gasteiger partial charge in [-0.05, 0) is 42.5 Å². The summed E-state index contributed by atoms with van der Waals surface area (Å²) in [5.74, 6) is 1.50. The maximum Gasteiger partial charge on any atom is 0.127 e. The van der Waals surface area contributed by atoms with Gasteiger partial charge < -0.3 is 0 Å². The van der Waals surface area contributed by atoms with Gasteiger partial charge in [0.05, 0.1) is 33.4 Å². The second kappa shape index (κ2) is 7.27. The molecule has 0 aliphatic carbocycles. The van der Waals surface area contributed by atoms with Crippen molar-refractivity contribution in [3.8, 4) is 11.4 Å². The lowest BCUT2D eigenvalue weighted by Crippen LogP contribution is -2.19. The van der Waals surface area contributed by atoms with E-state index in [1.165, 1.54) is 0 Å². The molecule has 4 nitrogen and oxygen atoms in total. The molecule has 2 aromatic heterocycles. The van der Waals surface area contributed by atoms with Crippen LogP contribution in [0.3, 0.4) is 0 Å². The van der Waals surface area contributed by atoms with Crippen molar-refractivity contribution in [2.45, 2.75) is 52.4 Å². The third kappa shape index (κ3) is 3.62. The van der Waals surface area contributed by atoms with E-state index >= 15 is 4.39 Å². The van der Waals surface area contributed by atoms with E-state index < -0.39 is 0 Å². The van der Waals surface area contributed by atoms with Gasteiger partial charge in [0.2, 0.25) is 0 Å². The Kier molecular flexibility index (Phi) is 4.71. The molecule has 0 unspecified atom stereocenters. The molecule has 33 heavy (non-hydrogen) atoms. The number of benzene rings is 3. The standard InChI is InChI=1S/C28H29FN4/c1-27(2,3)25-30-21-11-7-9-13-23(21)32(25)19-15-18(29)16-20(17-19)33-24-14-10-8-12-22(24)31-26(33)28(4,5)6/h7-17H,1-6H3. The third-order valence-corrected chi connectivity index (χ3v) is 5.85. The number of hydrogen-bond acceptors (Lipinski definition) is 2. The Labute approximate surface area is 193 Å². The Balaban J connectivity index is 1.83. The zero-order chi connectivity index (χ0) is 23.5. The van der Waals surface area contributed by atoms with Crippen molar-refractivity contribution in [2.75, 3.05) is 0 Å². The summed E-state index contributed by atoms with van der Waals surface area (Å²) in [7, 11) is 0. The van der Waals surface area contributed by atoms with Crippen LogP contribution < -0.4 is 0 Å². The molecular weight excluding hydrogens is 411 g/mol. The smallest absolute Gasteiger partial charge is 0.127 e. The number of imidazole rings is 2. The fourth-order valence-corrected chi connectivity index (χ4v) is 4.40. The summed E-state index contributed by atoms with van der Waals surface area (Å²) in [6, 6.07) is 21.2. The average Bonchev–Trinajstić information content (AvgIpc) is 3.32. The van der Waals surface area contributed by atoms with Crippen LogP contribution in [-0.2, 0) is 10.8 Å². The van der Waals surface area contributed by atoms with Gasteiger partial charge in [-0.2, -0.15) is 0 Å². The van der Waals surface area contributed by atoms with Crippen LogP contribution in [0.1, 0.15) is 53.2 Å². The summed E-state index contributed by atoms with van der Waals surface area (Å²) >= 11 is 0. The first-order valence-electron chi connectivity index (χ1n) is 11.3. The number of para-hydroxylation sites is 4. The van der Waals surface area contributed by atoms with Gasteiger partial charge in [-0.3, -0.25) is 9.13 Å². The van der Waals surface area contributed by atoms with Crippen LogP contribution in [0.5, 0.6) is 0 Å². The monoisotopic (exact) mass is 440 g/mol. The normalized spacial score (nSPS) is 12.7. The first kappa shape index (κ1) is 21.4. The molecule has 0 radical (unpaired) electrons. The van der Waals surface area contributed by atoms with Crippen molar-refractivity contribution >= 4 is 22.1 Å². The van der Waals surface area contributed by atoms with Crippen LogP contribution in [0.2, 0.25) is 0 Å². The number of rotatable bonds is 2. The molecule has 0 bridgehead atoms. The highest BCUT2D eigenvalue weighted by molar-refractivity contribution is 5.80. The molecule has 5 aromatic rings. The summed E-state index contributed by atoms with van der Waals surface area (Å²) in [5, 5.41) is 0. The average molecular weight is 441 g/mol.